The van der Waals surface area contributed by atoms with Crippen LogP contribution in [0.15, 0.2) is 0 Å². The second-order valence-electron chi connectivity index (χ2n) is 6.03. The molecule has 4 heteroatoms. The van der Waals surface area contributed by atoms with Gasteiger partial charge in [-0.3, -0.25) is 9.59 Å². The molecule has 0 spiro atoms. The Morgan fingerprint density at radius 1 is 1.21 bits per heavy atom. The Balaban J connectivity index is 2.41. The first-order chi connectivity index (χ1) is 9.00. The SMILES string of the molecule is CC(C)C(CC1CCCCC1)C(=O)NCCC(=O)O. The lowest BCUT2D eigenvalue weighted by molar-refractivity contribution is -0.137. The predicted octanol–water partition coefficient (Wildman–Crippen LogP) is 2.82. The largest absolute Gasteiger partial charge is 0.481 e. The van der Waals surface area contributed by atoms with E-state index in [4.69, 9.17) is 5.11 Å². The Morgan fingerprint density at radius 2 is 1.84 bits per heavy atom. The van der Waals surface area contributed by atoms with Crippen LogP contribution < -0.4 is 5.32 Å². The molecular formula is C15H27NO3. The Hall–Kier alpha value is -1.06. The second-order valence-corrected chi connectivity index (χ2v) is 6.03. The average Bonchev–Trinajstić information content (AvgIpc) is 2.36. The number of carboxylic acids is 1. The Kier molecular flexibility index (Phi) is 6.89. The summed E-state index contributed by atoms with van der Waals surface area (Å²) in [5.41, 5.74) is 0. The van der Waals surface area contributed by atoms with Crippen molar-refractivity contribution in [1.29, 1.82) is 0 Å². The number of amides is 1. The molecular weight excluding hydrogens is 242 g/mol. The highest BCUT2D eigenvalue weighted by Gasteiger charge is 2.26. The number of carbonyl (C=O) groups excluding carboxylic acids is 1. The van der Waals surface area contributed by atoms with Crippen molar-refractivity contribution in [1.82, 2.24) is 5.32 Å². The molecule has 1 saturated carbocycles. The van der Waals surface area contributed by atoms with Gasteiger partial charge in [0.25, 0.3) is 0 Å². The van der Waals surface area contributed by atoms with Crippen molar-refractivity contribution in [3.63, 3.8) is 0 Å². The minimum atomic E-state index is -0.867. The Bertz CT molecular complexity index is 296. The molecule has 0 saturated heterocycles. The van der Waals surface area contributed by atoms with Gasteiger partial charge in [-0.1, -0.05) is 46.0 Å². The summed E-state index contributed by atoms with van der Waals surface area (Å²) < 4.78 is 0. The van der Waals surface area contributed by atoms with Crippen molar-refractivity contribution < 1.29 is 14.7 Å². The molecule has 110 valence electrons. The lowest BCUT2D eigenvalue weighted by Gasteiger charge is -2.28. The van der Waals surface area contributed by atoms with Crippen LogP contribution in [0.25, 0.3) is 0 Å². The first-order valence-electron chi connectivity index (χ1n) is 7.50. The zero-order chi connectivity index (χ0) is 14.3. The minimum Gasteiger partial charge on any atom is -0.481 e. The zero-order valence-corrected chi connectivity index (χ0v) is 12.2. The summed E-state index contributed by atoms with van der Waals surface area (Å²) in [5.74, 6) is 0.172. The van der Waals surface area contributed by atoms with Gasteiger partial charge in [-0.2, -0.15) is 0 Å². The van der Waals surface area contributed by atoms with E-state index in [0.29, 0.717) is 11.8 Å². The molecule has 0 aromatic rings. The molecule has 4 nitrogen and oxygen atoms in total. The number of hydrogen-bond donors (Lipinski definition) is 2. The molecule has 19 heavy (non-hydrogen) atoms. The van der Waals surface area contributed by atoms with Gasteiger partial charge in [0, 0.05) is 12.5 Å². The molecule has 1 unspecified atom stereocenters. The number of carboxylic acid groups (broad SMARTS) is 1. The lowest BCUT2D eigenvalue weighted by Crippen LogP contribution is -2.36. The molecule has 1 aliphatic rings. The molecule has 0 heterocycles. The molecule has 2 N–H and O–H groups in total. The average molecular weight is 269 g/mol. The van der Waals surface area contributed by atoms with Crippen molar-refractivity contribution in [2.24, 2.45) is 17.8 Å². The van der Waals surface area contributed by atoms with Crippen LogP contribution in [0, 0.1) is 17.8 Å². The third kappa shape index (κ3) is 6.08. The number of carbonyl (C=O) groups is 2. The molecule has 0 aliphatic heterocycles. The summed E-state index contributed by atoms with van der Waals surface area (Å²) in [4.78, 5) is 22.6. The molecule has 1 atom stereocenters. The third-order valence-electron chi connectivity index (χ3n) is 4.09. The van der Waals surface area contributed by atoms with Gasteiger partial charge in [-0.15, -0.1) is 0 Å². The number of nitrogens with one attached hydrogen (secondary N) is 1. The summed E-state index contributed by atoms with van der Waals surface area (Å²) in [7, 11) is 0. The van der Waals surface area contributed by atoms with Crippen LogP contribution in [0.1, 0.15) is 58.8 Å². The van der Waals surface area contributed by atoms with Gasteiger partial charge in [0.2, 0.25) is 5.91 Å². The fourth-order valence-corrected chi connectivity index (χ4v) is 2.89. The van der Waals surface area contributed by atoms with E-state index in [2.05, 4.69) is 19.2 Å². The van der Waals surface area contributed by atoms with Crippen molar-refractivity contribution >= 4 is 11.9 Å². The molecule has 1 amide bonds. The van der Waals surface area contributed by atoms with Gasteiger partial charge >= 0.3 is 5.97 Å². The van der Waals surface area contributed by atoms with Gasteiger partial charge in [-0.05, 0) is 18.3 Å². The number of hydrogen-bond acceptors (Lipinski definition) is 2. The molecule has 0 bridgehead atoms. The molecule has 0 aromatic heterocycles. The molecule has 1 aliphatic carbocycles. The second kappa shape index (κ2) is 8.18. The van der Waals surface area contributed by atoms with Crippen LogP contribution in [0.5, 0.6) is 0 Å². The van der Waals surface area contributed by atoms with E-state index in [1.165, 1.54) is 32.1 Å². The maximum absolute atomic E-state index is 12.1. The monoisotopic (exact) mass is 269 g/mol. The van der Waals surface area contributed by atoms with Crippen molar-refractivity contribution in [3.05, 3.63) is 0 Å². The topological polar surface area (TPSA) is 66.4 Å². The maximum atomic E-state index is 12.1. The van der Waals surface area contributed by atoms with Gasteiger partial charge in [-0.25, -0.2) is 0 Å². The van der Waals surface area contributed by atoms with E-state index in [-0.39, 0.29) is 24.8 Å². The Morgan fingerprint density at radius 3 is 2.37 bits per heavy atom. The summed E-state index contributed by atoms with van der Waals surface area (Å²) in [5, 5.41) is 11.3. The normalized spacial score (nSPS) is 18.3. The predicted molar refractivity (Wildman–Crippen MR) is 74.8 cm³/mol. The van der Waals surface area contributed by atoms with Crippen LogP contribution in [0.2, 0.25) is 0 Å². The van der Waals surface area contributed by atoms with E-state index in [0.717, 1.165) is 6.42 Å². The minimum absolute atomic E-state index is 0.0000161. The number of aliphatic carboxylic acids is 1. The molecule has 0 radical (unpaired) electrons. The van der Waals surface area contributed by atoms with Crippen LogP contribution in [-0.4, -0.2) is 23.5 Å². The first kappa shape index (κ1) is 16.0. The highest BCUT2D eigenvalue weighted by molar-refractivity contribution is 5.79. The Labute approximate surface area is 116 Å². The molecule has 0 aromatic carbocycles. The van der Waals surface area contributed by atoms with E-state index in [1.807, 2.05) is 0 Å². The fourth-order valence-electron chi connectivity index (χ4n) is 2.89. The first-order valence-corrected chi connectivity index (χ1v) is 7.50. The summed E-state index contributed by atoms with van der Waals surface area (Å²) >= 11 is 0. The lowest BCUT2D eigenvalue weighted by atomic mass is 9.79. The summed E-state index contributed by atoms with van der Waals surface area (Å²) in [6, 6.07) is 0. The van der Waals surface area contributed by atoms with Crippen LogP contribution in [0.3, 0.4) is 0 Å². The quantitative estimate of drug-likeness (QED) is 0.747. The van der Waals surface area contributed by atoms with E-state index in [9.17, 15) is 9.59 Å². The van der Waals surface area contributed by atoms with E-state index in [1.54, 1.807) is 0 Å². The molecule has 1 rings (SSSR count). The van der Waals surface area contributed by atoms with E-state index >= 15 is 0 Å². The van der Waals surface area contributed by atoms with Crippen LogP contribution in [-0.2, 0) is 9.59 Å². The highest BCUT2D eigenvalue weighted by Crippen LogP contribution is 2.31. The standard InChI is InChI=1S/C15H27NO3/c1-11(2)13(10-12-6-4-3-5-7-12)15(19)16-9-8-14(17)18/h11-13H,3-10H2,1-2H3,(H,16,19)(H,17,18). The van der Waals surface area contributed by atoms with Crippen molar-refractivity contribution in [3.8, 4) is 0 Å². The molecule has 1 fully saturated rings. The highest BCUT2D eigenvalue weighted by atomic mass is 16.4. The van der Waals surface area contributed by atoms with Crippen molar-refractivity contribution in [2.45, 2.75) is 58.8 Å². The van der Waals surface area contributed by atoms with Crippen LogP contribution in [0.4, 0.5) is 0 Å². The van der Waals surface area contributed by atoms with E-state index < -0.39 is 5.97 Å². The van der Waals surface area contributed by atoms with Gasteiger partial charge < -0.3 is 10.4 Å². The number of rotatable bonds is 7. The smallest absolute Gasteiger partial charge is 0.305 e. The van der Waals surface area contributed by atoms with Gasteiger partial charge in [0.1, 0.15) is 0 Å². The van der Waals surface area contributed by atoms with Gasteiger partial charge in [0.05, 0.1) is 6.42 Å². The van der Waals surface area contributed by atoms with Crippen molar-refractivity contribution in [2.75, 3.05) is 6.54 Å². The summed E-state index contributed by atoms with van der Waals surface area (Å²) in [6.45, 7) is 4.39. The van der Waals surface area contributed by atoms with Gasteiger partial charge in [0.15, 0.2) is 0 Å². The maximum Gasteiger partial charge on any atom is 0.305 e. The fraction of sp³-hybridized carbons (Fsp3) is 0.867. The third-order valence-corrected chi connectivity index (χ3v) is 4.09. The summed E-state index contributed by atoms with van der Waals surface area (Å²) in [6.07, 6.45) is 7.34. The zero-order valence-electron chi connectivity index (χ0n) is 12.2. The van der Waals surface area contributed by atoms with Crippen LogP contribution >= 0.6 is 0 Å².